The number of alkyl halides is 3. The second kappa shape index (κ2) is 5.05. The molecule has 0 spiro atoms. The van der Waals surface area contributed by atoms with Crippen molar-refractivity contribution in [1.29, 1.82) is 0 Å². The van der Waals surface area contributed by atoms with E-state index in [0.29, 0.717) is 17.0 Å². The third-order valence-electron chi connectivity index (χ3n) is 2.55. The molecule has 0 aliphatic rings. The van der Waals surface area contributed by atoms with Gasteiger partial charge in [0.2, 0.25) is 0 Å². The van der Waals surface area contributed by atoms with Gasteiger partial charge in [-0.05, 0) is 24.3 Å². The fourth-order valence-corrected chi connectivity index (χ4v) is 1.89. The first-order valence-electron chi connectivity index (χ1n) is 5.36. The molecule has 0 bridgehead atoms. The van der Waals surface area contributed by atoms with Crippen LogP contribution >= 0.6 is 12.2 Å². The number of H-pyrrole nitrogens is 1. The van der Waals surface area contributed by atoms with Crippen molar-refractivity contribution >= 4 is 12.2 Å². The van der Waals surface area contributed by atoms with Crippen LogP contribution in [0.2, 0.25) is 0 Å². The lowest BCUT2D eigenvalue weighted by molar-refractivity contribution is -0.137. The molecule has 19 heavy (non-hydrogen) atoms. The molecule has 0 atom stereocenters. The number of benzene rings is 1. The Morgan fingerprint density at radius 2 is 1.89 bits per heavy atom. The smallest absolute Gasteiger partial charge is 0.416 e. The van der Waals surface area contributed by atoms with Crippen LogP contribution in [0.5, 0.6) is 5.75 Å². The summed E-state index contributed by atoms with van der Waals surface area (Å²) in [4.78, 5) is 2.75. The molecule has 1 aromatic carbocycles. The average Bonchev–Trinajstić information content (AvgIpc) is 2.37. The molecule has 0 radical (unpaired) electrons. The summed E-state index contributed by atoms with van der Waals surface area (Å²) >= 11 is 4.83. The van der Waals surface area contributed by atoms with E-state index in [1.165, 1.54) is 7.11 Å². The zero-order valence-corrected chi connectivity index (χ0v) is 10.7. The summed E-state index contributed by atoms with van der Waals surface area (Å²) in [6.07, 6.45) is -4.42. The molecule has 0 saturated heterocycles. The summed E-state index contributed by atoms with van der Waals surface area (Å²) < 4.78 is 43.2. The van der Waals surface area contributed by atoms with E-state index in [1.807, 2.05) is 0 Å². The molecule has 2 nitrogen and oxygen atoms in total. The third-order valence-corrected chi connectivity index (χ3v) is 2.77. The minimum atomic E-state index is -4.42. The number of hydrogen-bond acceptors (Lipinski definition) is 2. The number of pyridine rings is 1. The van der Waals surface area contributed by atoms with E-state index in [-0.39, 0.29) is 4.64 Å². The first kappa shape index (κ1) is 13.6. The van der Waals surface area contributed by atoms with Gasteiger partial charge in [0.25, 0.3) is 0 Å². The molecule has 1 N–H and O–H groups in total. The first-order valence-corrected chi connectivity index (χ1v) is 5.77. The van der Waals surface area contributed by atoms with Gasteiger partial charge in [-0.15, -0.1) is 0 Å². The van der Waals surface area contributed by atoms with E-state index in [2.05, 4.69) is 4.98 Å². The van der Waals surface area contributed by atoms with Gasteiger partial charge in [-0.3, -0.25) is 0 Å². The maximum atomic E-state index is 12.7. The van der Waals surface area contributed by atoms with Crippen LogP contribution in [-0.4, -0.2) is 12.1 Å². The van der Waals surface area contributed by atoms with E-state index in [0.717, 1.165) is 12.1 Å². The second-order valence-electron chi connectivity index (χ2n) is 3.88. The van der Waals surface area contributed by atoms with Crippen molar-refractivity contribution in [2.24, 2.45) is 0 Å². The van der Waals surface area contributed by atoms with Crippen molar-refractivity contribution in [3.05, 3.63) is 46.6 Å². The number of aromatic nitrogens is 1. The predicted octanol–water partition coefficient (Wildman–Crippen LogP) is 4.44. The second-order valence-corrected chi connectivity index (χ2v) is 4.32. The van der Waals surface area contributed by atoms with Gasteiger partial charge in [0.05, 0.1) is 12.7 Å². The molecule has 100 valence electrons. The van der Waals surface area contributed by atoms with Crippen LogP contribution < -0.4 is 4.74 Å². The van der Waals surface area contributed by atoms with Crippen LogP contribution in [0, 0.1) is 4.64 Å². The molecule has 0 unspecified atom stereocenters. The van der Waals surface area contributed by atoms with Gasteiger partial charge < -0.3 is 9.72 Å². The lowest BCUT2D eigenvalue weighted by atomic mass is 10.1. The van der Waals surface area contributed by atoms with Gasteiger partial charge in [-0.2, -0.15) is 13.2 Å². The van der Waals surface area contributed by atoms with Crippen LogP contribution in [0.25, 0.3) is 11.3 Å². The molecule has 0 aliphatic heterocycles. The van der Waals surface area contributed by atoms with Crippen LogP contribution in [0.4, 0.5) is 13.2 Å². The van der Waals surface area contributed by atoms with Gasteiger partial charge in [-0.1, -0.05) is 24.4 Å². The molecule has 6 heteroatoms. The number of methoxy groups -OCH3 is 1. The Kier molecular flexibility index (Phi) is 3.61. The first-order chi connectivity index (χ1) is 8.90. The van der Waals surface area contributed by atoms with Crippen molar-refractivity contribution < 1.29 is 17.9 Å². The molecular formula is C13H10F3NOS. The lowest BCUT2D eigenvalue weighted by Gasteiger charge is -2.10. The van der Waals surface area contributed by atoms with Crippen molar-refractivity contribution in [2.75, 3.05) is 7.11 Å². The van der Waals surface area contributed by atoms with Crippen LogP contribution in [-0.2, 0) is 6.18 Å². The van der Waals surface area contributed by atoms with Gasteiger partial charge in [-0.25, -0.2) is 0 Å². The maximum absolute atomic E-state index is 12.7. The molecule has 0 amide bonds. The fraction of sp³-hybridized carbons (Fsp3) is 0.154. The summed E-state index contributed by atoms with van der Waals surface area (Å²) in [6, 6.07) is 8.67. The Morgan fingerprint density at radius 1 is 1.16 bits per heavy atom. The number of hydrogen-bond donors (Lipinski definition) is 1. The topological polar surface area (TPSA) is 25.0 Å². The van der Waals surface area contributed by atoms with Crippen LogP contribution in [0.3, 0.4) is 0 Å². The maximum Gasteiger partial charge on any atom is 0.416 e. The third kappa shape index (κ3) is 3.14. The van der Waals surface area contributed by atoms with Crippen molar-refractivity contribution in [3.8, 4) is 17.0 Å². The largest absolute Gasteiger partial charge is 0.497 e. The molecule has 0 saturated carbocycles. The van der Waals surface area contributed by atoms with Crippen molar-refractivity contribution in [3.63, 3.8) is 0 Å². The monoisotopic (exact) mass is 285 g/mol. The molecular weight excluding hydrogens is 275 g/mol. The predicted molar refractivity (Wildman–Crippen MR) is 68.6 cm³/mol. The summed E-state index contributed by atoms with van der Waals surface area (Å²) in [5, 5.41) is 0. The van der Waals surface area contributed by atoms with E-state index in [4.69, 9.17) is 17.0 Å². The average molecular weight is 285 g/mol. The molecule has 0 aliphatic carbocycles. The Hall–Kier alpha value is -1.82. The van der Waals surface area contributed by atoms with Gasteiger partial charge in [0, 0.05) is 11.3 Å². The van der Waals surface area contributed by atoms with E-state index < -0.39 is 11.7 Å². The SMILES string of the molecule is COc1cccc(-c2cc(C(F)(F)F)cc(=S)[nH]2)c1. The molecule has 0 fully saturated rings. The number of ether oxygens (including phenoxy) is 1. The van der Waals surface area contributed by atoms with Gasteiger partial charge in [0.1, 0.15) is 10.4 Å². The number of rotatable bonds is 2. The molecule has 2 rings (SSSR count). The normalized spacial score (nSPS) is 11.4. The highest BCUT2D eigenvalue weighted by Gasteiger charge is 2.31. The van der Waals surface area contributed by atoms with Gasteiger partial charge >= 0.3 is 6.18 Å². The Balaban J connectivity index is 2.56. The minimum absolute atomic E-state index is 0.0349. The zero-order chi connectivity index (χ0) is 14.0. The Labute approximate surface area is 112 Å². The molecule has 1 heterocycles. The zero-order valence-electron chi connectivity index (χ0n) is 9.91. The standard InChI is InChI=1S/C13H10F3NOS/c1-18-10-4-2-3-8(5-10)11-6-9(13(14,15)16)7-12(19)17-11/h2-7H,1H3,(H,17,19). The molecule has 2 aromatic rings. The number of halogens is 3. The summed E-state index contributed by atoms with van der Waals surface area (Å²) in [6.45, 7) is 0. The summed E-state index contributed by atoms with van der Waals surface area (Å²) in [7, 11) is 1.49. The molecule has 1 aromatic heterocycles. The van der Waals surface area contributed by atoms with Crippen LogP contribution in [0.1, 0.15) is 5.56 Å². The van der Waals surface area contributed by atoms with Crippen LogP contribution in [0.15, 0.2) is 36.4 Å². The highest BCUT2D eigenvalue weighted by atomic mass is 32.1. The van der Waals surface area contributed by atoms with Crippen molar-refractivity contribution in [1.82, 2.24) is 4.98 Å². The lowest BCUT2D eigenvalue weighted by Crippen LogP contribution is -2.05. The Bertz CT molecular complexity index is 649. The van der Waals surface area contributed by atoms with E-state index >= 15 is 0 Å². The quantitative estimate of drug-likeness (QED) is 0.825. The fourth-order valence-electron chi connectivity index (χ4n) is 1.65. The highest BCUT2D eigenvalue weighted by Crippen LogP contribution is 2.32. The summed E-state index contributed by atoms with van der Waals surface area (Å²) in [5.74, 6) is 0.564. The number of aromatic amines is 1. The number of nitrogens with one attached hydrogen (secondary N) is 1. The summed E-state index contributed by atoms with van der Waals surface area (Å²) in [5.41, 5.74) is 0.115. The minimum Gasteiger partial charge on any atom is -0.497 e. The van der Waals surface area contributed by atoms with E-state index in [1.54, 1.807) is 24.3 Å². The van der Waals surface area contributed by atoms with E-state index in [9.17, 15) is 13.2 Å². The van der Waals surface area contributed by atoms with Gasteiger partial charge in [0.15, 0.2) is 0 Å². The Morgan fingerprint density at radius 3 is 2.53 bits per heavy atom. The van der Waals surface area contributed by atoms with Crippen molar-refractivity contribution in [2.45, 2.75) is 6.18 Å². The highest BCUT2D eigenvalue weighted by molar-refractivity contribution is 7.71.